The lowest BCUT2D eigenvalue weighted by molar-refractivity contribution is -0.172. The molecule has 4 aliphatic rings. The molecule has 4 rings (SSSR count). The van der Waals surface area contributed by atoms with Gasteiger partial charge in [-0.05, 0) is 68.6 Å². The molecule has 0 saturated heterocycles. The number of ether oxygens (including phenoxy) is 2. The zero-order valence-corrected chi connectivity index (χ0v) is 14.6. The Morgan fingerprint density at radius 2 is 1.39 bits per heavy atom. The van der Waals surface area contributed by atoms with Crippen LogP contribution >= 0.6 is 0 Å². The van der Waals surface area contributed by atoms with Gasteiger partial charge in [0.2, 0.25) is 0 Å². The fraction of sp³-hybridized carbons (Fsp3) is 0.895. The summed E-state index contributed by atoms with van der Waals surface area (Å²) < 4.78 is 11.1. The Morgan fingerprint density at radius 3 is 1.91 bits per heavy atom. The van der Waals surface area contributed by atoms with E-state index in [1.165, 1.54) is 32.1 Å². The molecule has 1 unspecified atom stereocenters. The van der Waals surface area contributed by atoms with Crippen LogP contribution in [0.15, 0.2) is 0 Å². The Kier molecular flexibility index (Phi) is 4.98. The highest BCUT2D eigenvalue weighted by Crippen LogP contribution is 2.54. The average Bonchev–Trinajstić information content (AvgIpc) is 2.48. The van der Waals surface area contributed by atoms with E-state index >= 15 is 0 Å². The van der Waals surface area contributed by atoms with E-state index in [4.69, 9.17) is 9.47 Å². The minimum Gasteiger partial charge on any atom is -0.462 e. The van der Waals surface area contributed by atoms with Gasteiger partial charge in [0.25, 0.3) is 0 Å². The largest absolute Gasteiger partial charge is 0.462 e. The van der Waals surface area contributed by atoms with Crippen LogP contribution in [0.1, 0.15) is 65.7 Å². The topological polar surface area (TPSA) is 52.6 Å². The first kappa shape index (κ1) is 16.8. The summed E-state index contributed by atoms with van der Waals surface area (Å²) in [6, 6.07) is 0. The fourth-order valence-corrected chi connectivity index (χ4v) is 4.88. The lowest BCUT2D eigenvalue weighted by atomic mass is 9.55. The van der Waals surface area contributed by atoms with Gasteiger partial charge >= 0.3 is 11.9 Å². The fourth-order valence-electron chi connectivity index (χ4n) is 4.88. The first-order valence-corrected chi connectivity index (χ1v) is 9.31. The molecule has 0 heterocycles. The number of hydrogen-bond acceptors (Lipinski definition) is 4. The summed E-state index contributed by atoms with van der Waals surface area (Å²) in [7, 11) is 0. The molecular weight excluding hydrogens is 292 g/mol. The zero-order chi connectivity index (χ0) is 16.6. The van der Waals surface area contributed by atoms with Crippen molar-refractivity contribution in [1.29, 1.82) is 0 Å². The van der Waals surface area contributed by atoms with Crippen LogP contribution in [0.4, 0.5) is 0 Å². The Balaban J connectivity index is 1.42. The molecule has 4 saturated carbocycles. The first-order chi connectivity index (χ1) is 10.9. The summed E-state index contributed by atoms with van der Waals surface area (Å²) in [5.74, 6) is 2.66. The minimum atomic E-state index is -0.298. The quantitative estimate of drug-likeness (QED) is 0.699. The molecule has 130 valence electrons. The Bertz CT molecular complexity index is 428. The highest BCUT2D eigenvalue weighted by Gasteiger charge is 2.49. The Hall–Kier alpha value is -1.06. The molecule has 0 aromatic rings. The van der Waals surface area contributed by atoms with Crippen molar-refractivity contribution in [2.45, 2.75) is 77.9 Å². The predicted molar refractivity (Wildman–Crippen MR) is 86.6 cm³/mol. The number of carbonyl (C=O) groups is 2. The molecule has 4 nitrogen and oxygen atoms in total. The molecule has 4 heteroatoms. The predicted octanol–water partition coefficient (Wildman–Crippen LogP) is 3.72. The molecule has 0 spiro atoms. The average molecular weight is 322 g/mol. The minimum absolute atomic E-state index is 0.108. The van der Waals surface area contributed by atoms with Gasteiger partial charge in [0, 0.05) is 0 Å². The second-order valence-corrected chi connectivity index (χ2v) is 8.32. The molecule has 0 N–H and O–H groups in total. The molecule has 1 atom stereocenters. The highest BCUT2D eigenvalue weighted by atomic mass is 16.6. The van der Waals surface area contributed by atoms with Crippen molar-refractivity contribution in [3.63, 3.8) is 0 Å². The second-order valence-electron chi connectivity index (χ2n) is 8.32. The van der Waals surface area contributed by atoms with Gasteiger partial charge in [-0.25, -0.2) is 0 Å². The summed E-state index contributed by atoms with van der Waals surface area (Å²) in [6.45, 7) is 5.91. The van der Waals surface area contributed by atoms with Gasteiger partial charge in [-0.15, -0.1) is 0 Å². The van der Waals surface area contributed by atoms with Gasteiger partial charge in [0.15, 0.2) is 0 Å². The highest BCUT2D eigenvalue weighted by molar-refractivity contribution is 5.77. The molecule has 4 bridgehead atoms. The van der Waals surface area contributed by atoms with Crippen LogP contribution in [0.5, 0.6) is 0 Å². The van der Waals surface area contributed by atoms with Crippen molar-refractivity contribution in [3.05, 3.63) is 0 Å². The van der Waals surface area contributed by atoms with Crippen molar-refractivity contribution in [1.82, 2.24) is 0 Å². The maximum absolute atomic E-state index is 12.1. The van der Waals surface area contributed by atoms with Crippen LogP contribution in [0.2, 0.25) is 0 Å². The maximum Gasteiger partial charge on any atom is 0.306 e. The maximum atomic E-state index is 12.1. The molecule has 4 aliphatic carbocycles. The number of esters is 2. The van der Waals surface area contributed by atoms with Crippen molar-refractivity contribution in [3.8, 4) is 0 Å². The Labute approximate surface area is 139 Å². The van der Waals surface area contributed by atoms with E-state index in [1.807, 2.05) is 20.8 Å². The van der Waals surface area contributed by atoms with E-state index in [1.54, 1.807) is 0 Å². The van der Waals surface area contributed by atoms with E-state index in [0.29, 0.717) is 17.8 Å². The summed E-state index contributed by atoms with van der Waals surface area (Å²) >= 11 is 0. The smallest absolute Gasteiger partial charge is 0.306 e. The van der Waals surface area contributed by atoms with Crippen LogP contribution < -0.4 is 0 Å². The molecule has 23 heavy (non-hydrogen) atoms. The van der Waals surface area contributed by atoms with Gasteiger partial charge in [-0.2, -0.15) is 0 Å². The van der Waals surface area contributed by atoms with Gasteiger partial charge in [0.1, 0.15) is 12.2 Å². The molecule has 0 aromatic carbocycles. The molecule has 0 radical (unpaired) electrons. The second kappa shape index (κ2) is 6.82. The van der Waals surface area contributed by atoms with E-state index < -0.39 is 0 Å². The van der Waals surface area contributed by atoms with Crippen molar-refractivity contribution < 1.29 is 19.1 Å². The van der Waals surface area contributed by atoms with Crippen LogP contribution in [0.25, 0.3) is 0 Å². The normalized spacial score (nSPS) is 36.1. The van der Waals surface area contributed by atoms with Gasteiger partial charge in [0.05, 0.1) is 12.8 Å². The van der Waals surface area contributed by atoms with E-state index in [9.17, 15) is 9.59 Å². The van der Waals surface area contributed by atoms with E-state index in [2.05, 4.69) is 0 Å². The van der Waals surface area contributed by atoms with Gasteiger partial charge in [-0.3, -0.25) is 9.59 Å². The van der Waals surface area contributed by atoms with Gasteiger partial charge in [-0.1, -0.05) is 13.8 Å². The molecule has 0 amide bonds. The van der Waals surface area contributed by atoms with Crippen LogP contribution in [0.3, 0.4) is 0 Å². The summed E-state index contributed by atoms with van der Waals surface area (Å²) in [5.41, 5.74) is 0. The third kappa shape index (κ3) is 3.89. The lowest BCUT2D eigenvalue weighted by Crippen LogP contribution is -2.50. The van der Waals surface area contributed by atoms with Crippen molar-refractivity contribution >= 4 is 11.9 Å². The molecule has 0 aromatic heterocycles. The standard InChI is InChI=1S/C19H30O4/c1-11(2)12(3)22-17(20)4-5-18(21)23-19-15-7-13-6-14(9-15)10-16(19)8-13/h11-16,19H,4-10H2,1-3H3. The molecular formula is C19H30O4. The van der Waals surface area contributed by atoms with E-state index in [-0.39, 0.29) is 37.0 Å². The SMILES string of the molecule is CC(C)C(C)OC(=O)CCC(=O)OC1C2CC3CC(C2)CC1C3. The number of carbonyl (C=O) groups excluding carboxylic acids is 2. The van der Waals surface area contributed by atoms with E-state index in [0.717, 1.165) is 11.8 Å². The molecule has 0 aliphatic heterocycles. The van der Waals surface area contributed by atoms with Crippen LogP contribution in [-0.4, -0.2) is 24.1 Å². The van der Waals surface area contributed by atoms with Gasteiger partial charge < -0.3 is 9.47 Å². The Morgan fingerprint density at radius 1 is 0.870 bits per heavy atom. The lowest BCUT2D eigenvalue weighted by Gasteiger charge is -2.53. The van der Waals surface area contributed by atoms with Crippen LogP contribution in [0, 0.1) is 29.6 Å². The number of hydrogen-bond donors (Lipinski definition) is 0. The first-order valence-electron chi connectivity index (χ1n) is 9.31. The zero-order valence-electron chi connectivity index (χ0n) is 14.6. The summed E-state index contributed by atoms with van der Waals surface area (Å²) in [4.78, 5) is 23.9. The van der Waals surface area contributed by atoms with Crippen molar-refractivity contribution in [2.75, 3.05) is 0 Å². The third-order valence-electron chi connectivity index (χ3n) is 6.20. The van der Waals surface area contributed by atoms with Crippen LogP contribution in [-0.2, 0) is 19.1 Å². The third-order valence-corrected chi connectivity index (χ3v) is 6.20. The van der Waals surface area contributed by atoms with Crippen molar-refractivity contribution in [2.24, 2.45) is 29.6 Å². The monoisotopic (exact) mass is 322 g/mol. The summed E-state index contributed by atoms with van der Waals surface area (Å²) in [6.07, 6.45) is 6.61. The summed E-state index contributed by atoms with van der Waals surface area (Å²) in [5, 5.41) is 0. The molecule has 4 fully saturated rings. The number of rotatable bonds is 6.